The maximum atomic E-state index is 13.5. The largest absolute Gasteiger partial charge is 0.339 e. The maximum Gasteiger partial charge on any atom is 0.339 e. The second-order valence-corrected chi connectivity index (χ2v) is 7.77. The van der Waals surface area contributed by atoms with Gasteiger partial charge in [0.05, 0.1) is 22.2 Å². The molecule has 0 unspecified atom stereocenters. The predicted molar refractivity (Wildman–Crippen MR) is 111 cm³/mol. The molecule has 5 rings (SSSR count). The van der Waals surface area contributed by atoms with Crippen LogP contribution in [0, 0.1) is 0 Å². The Labute approximate surface area is 165 Å². The van der Waals surface area contributed by atoms with E-state index in [1.54, 1.807) is 8.97 Å². The van der Waals surface area contributed by atoms with E-state index in [4.69, 9.17) is 4.98 Å². The van der Waals surface area contributed by atoms with Crippen LogP contribution >= 0.6 is 31.9 Å². The number of fused-ring (bicyclic) bond motifs is 5. The minimum Gasteiger partial charge on any atom is -0.260 e. The molecule has 2 aromatic heterocycles. The Morgan fingerprint density at radius 2 is 1.62 bits per heavy atom. The quantitative estimate of drug-likeness (QED) is 0.334. The first-order chi connectivity index (χ1) is 12.6. The molecule has 0 atom stereocenters. The van der Waals surface area contributed by atoms with Crippen molar-refractivity contribution in [2.45, 2.75) is 0 Å². The van der Waals surface area contributed by atoms with Gasteiger partial charge in [-0.1, -0.05) is 46.3 Å². The van der Waals surface area contributed by atoms with Crippen molar-refractivity contribution in [3.8, 4) is 5.69 Å². The lowest BCUT2D eigenvalue weighted by atomic mass is 10.2. The van der Waals surface area contributed by atoms with Gasteiger partial charge in [-0.2, -0.15) is 0 Å². The fraction of sp³-hybridized carbons (Fsp3) is 0. The van der Waals surface area contributed by atoms with Crippen LogP contribution < -0.4 is 5.69 Å². The van der Waals surface area contributed by atoms with E-state index in [1.165, 1.54) is 0 Å². The molecule has 0 aliphatic rings. The summed E-state index contributed by atoms with van der Waals surface area (Å²) < 4.78 is 5.16. The standard InChI is InChI=1S/C20H11Br2N3O/c21-12-10-14-18(15(22)11-12)24(13-6-2-1-3-7-13)20(26)25-17-9-5-4-8-16(17)23-19(14)25/h1-11H. The molecule has 0 spiro atoms. The third-order valence-corrected chi connectivity index (χ3v) is 5.51. The highest BCUT2D eigenvalue weighted by molar-refractivity contribution is 9.11. The van der Waals surface area contributed by atoms with Crippen LogP contribution in [0.4, 0.5) is 0 Å². The van der Waals surface area contributed by atoms with Gasteiger partial charge < -0.3 is 0 Å². The molecule has 126 valence electrons. The first kappa shape index (κ1) is 15.8. The van der Waals surface area contributed by atoms with Crippen molar-refractivity contribution in [2.24, 2.45) is 0 Å². The third kappa shape index (κ3) is 2.19. The van der Waals surface area contributed by atoms with E-state index in [-0.39, 0.29) is 5.69 Å². The maximum absolute atomic E-state index is 13.5. The van der Waals surface area contributed by atoms with Gasteiger partial charge in [0, 0.05) is 14.3 Å². The van der Waals surface area contributed by atoms with E-state index in [0.29, 0.717) is 5.65 Å². The lowest BCUT2D eigenvalue weighted by molar-refractivity contribution is 0.930. The topological polar surface area (TPSA) is 39.3 Å². The van der Waals surface area contributed by atoms with Crippen LogP contribution in [-0.4, -0.2) is 14.0 Å². The van der Waals surface area contributed by atoms with Gasteiger partial charge in [0.15, 0.2) is 5.65 Å². The van der Waals surface area contributed by atoms with E-state index >= 15 is 0 Å². The molecule has 26 heavy (non-hydrogen) atoms. The Kier molecular flexibility index (Phi) is 3.52. The average Bonchev–Trinajstić information content (AvgIpc) is 3.04. The molecule has 0 amide bonds. The second-order valence-electron chi connectivity index (χ2n) is 6.00. The van der Waals surface area contributed by atoms with Gasteiger partial charge in [0.1, 0.15) is 0 Å². The van der Waals surface area contributed by atoms with Gasteiger partial charge in [-0.3, -0.25) is 4.57 Å². The molecule has 0 bridgehead atoms. The van der Waals surface area contributed by atoms with Crippen molar-refractivity contribution in [2.75, 3.05) is 0 Å². The SMILES string of the molecule is O=c1n(-c2ccccc2)c2c(Br)cc(Br)cc2c2nc3ccccc3n12. The second kappa shape index (κ2) is 5.79. The zero-order chi connectivity index (χ0) is 17.8. The molecule has 0 aliphatic carbocycles. The number of benzene rings is 3. The summed E-state index contributed by atoms with van der Waals surface area (Å²) in [5.74, 6) is 0. The Bertz CT molecular complexity index is 1370. The van der Waals surface area contributed by atoms with Crippen LogP contribution in [-0.2, 0) is 0 Å². The fourth-order valence-corrected chi connectivity index (χ4v) is 4.78. The summed E-state index contributed by atoms with van der Waals surface area (Å²) in [6, 6.07) is 21.3. The van der Waals surface area contributed by atoms with Crippen molar-refractivity contribution in [1.82, 2.24) is 14.0 Å². The van der Waals surface area contributed by atoms with Crippen molar-refractivity contribution >= 4 is 59.4 Å². The Morgan fingerprint density at radius 3 is 2.42 bits per heavy atom. The molecule has 0 N–H and O–H groups in total. The third-order valence-electron chi connectivity index (χ3n) is 4.45. The molecule has 0 saturated heterocycles. The highest BCUT2D eigenvalue weighted by atomic mass is 79.9. The van der Waals surface area contributed by atoms with E-state index in [0.717, 1.165) is 36.6 Å². The highest BCUT2D eigenvalue weighted by Crippen LogP contribution is 2.32. The fourth-order valence-electron chi connectivity index (χ4n) is 3.38. The normalized spacial score (nSPS) is 11.6. The van der Waals surface area contributed by atoms with Crippen molar-refractivity contribution in [3.05, 3.63) is 86.2 Å². The van der Waals surface area contributed by atoms with Gasteiger partial charge in [0.2, 0.25) is 0 Å². The number of hydrogen-bond donors (Lipinski definition) is 0. The Balaban J connectivity index is 2.14. The molecule has 0 saturated carbocycles. The van der Waals surface area contributed by atoms with E-state index in [9.17, 15) is 4.79 Å². The number of halogens is 2. The Morgan fingerprint density at radius 1 is 0.885 bits per heavy atom. The van der Waals surface area contributed by atoms with Crippen LogP contribution in [0.5, 0.6) is 0 Å². The lowest BCUT2D eigenvalue weighted by Crippen LogP contribution is -2.26. The Hall–Kier alpha value is -2.44. The van der Waals surface area contributed by atoms with Gasteiger partial charge in [-0.15, -0.1) is 0 Å². The lowest BCUT2D eigenvalue weighted by Gasteiger charge is -2.14. The highest BCUT2D eigenvalue weighted by Gasteiger charge is 2.18. The predicted octanol–water partition coefficient (Wildman–Crippen LogP) is 5.32. The summed E-state index contributed by atoms with van der Waals surface area (Å²) >= 11 is 7.19. The molecule has 6 heteroatoms. The minimum absolute atomic E-state index is 0.143. The molecular formula is C20H11Br2N3O. The zero-order valence-electron chi connectivity index (χ0n) is 13.4. The monoisotopic (exact) mass is 467 g/mol. The van der Waals surface area contributed by atoms with E-state index in [1.807, 2.05) is 66.7 Å². The number of para-hydroxylation sites is 3. The smallest absolute Gasteiger partial charge is 0.260 e. The summed E-state index contributed by atoms with van der Waals surface area (Å²) in [6.07, 6.45) is 0. The molecule has 4 nitrogen and oxygen atoms in total. The summed E-state index contributed by atoms with van der Waals surface area (Å²) in [5, 5.41) is 0.894. The summed E-state index contributed by atoms with van der Waals surface area (Å²) in [5.41, 5.74) is 3.72. The molecule has 0 radical (unpaired) electrons. The zero-order valence-corrected chi connectivity index (χ0v) is 16.5. The van der Waals surface area contributed by atoms with Gasteiger partial charge in [0.25, 0.3) is 0 Å². The minimum atomic E-state index is -0.143. The van der Waals surface area contributed by atoms with Crippen LogP contribution in [0.15, 0.2) is 80.5 Å². The molecule has 0 aliphatic heterocycles. The molecular weight excluding hydrogens is 458 g/mol. The van der Waals surface area contributed by atoms with Crippen LogP contribution in [0.25, 0.3) is 33.3 Å². The molecule has 3 aromatic carbocycles. The van der Waals surface area contributed by atoms with Crippen LogP contribution in [0.1, 0.15) is 0 Å². The summed E-state index contributed by atoms with van der Waals surface area (Å²) in [4.78, 5) is 18.2. The number of aromatic nitrogens is 3. The first-order valence-electron chi connectivity index (χ1n) is 8.01. The number of imidazole rings is 1. The van der Waals surface area contributed by atoms with E-state index < -0.39 is 0 Å². The molecule has 5 aromatic rings. The number of nitrogens with zero attached hydrogens (tertiary/aromatic N) is 3. The average molecular weight is 469 g/mol. The van der Waals surface area contributed by atoms with Gasteiger partial charge in [-0.25, -0.2) is 14.2 Å². The van der Waals surface area contributed by atoms with Crippen LogP contribution in [0.2, 0.25) is 0 Å². The van der Waals surface area contributed by atoms with Crippen molar-refractivity contribution < 1.29 is 0 Å². The number of hydrogen-bond acceptors (Lipinski definition) is 2. The number of rotatable bonds is 1. The molecule has 0 fully saturated rings. The van der Waals surface area contributed by atoms with Gasteiger partial charge >= 0.3 is 5.69 Å². The summed E-state index contributed by atoms with van der Waals surface area (Å²) in [7, 11) is 0. The van der Waals surface area contributed by atoms with Crippen LogP contribution in [0.3, 0.4) is 0 Å². The van der Waals surface area contributed by atoms with Crippen molar-refractivity contribution in [1.29, 1.82) is 0 Å². The summed E-state index contributed by atoms with van der Waals surface area (Å²) in [6.45, 7) is 0. The first-order valence-corrected chi connectivity index (χ1v) is 9.60. The van der Waals surface area contributed by atoms with E-state index in [2.05, 4.69) is 31.9 Å². The molecule has 2 heterocycles. The van der Waals surface area contributed by atoms with Crippen molar-refractivity contribution in [3.63, 3.8) is 0 Å². The van der Waals surface area contributed by atoms with Gasteiger partial charge in [-0.05, 0) is 52.3 Å².